The van der Waals surface area contributed by atoms with Crippen molar-refractivity contribution in [2.24, 2.45) is 0 Å². The van der Waals surface area contributed by atoms with Gasteiger partial charge in [0.2, 0.25) is 0 Å². The number of alkyl halides is 3. The van der Waals surface area contributed by atoms with E-state index in [2.05, 4.69) is 10.2 Å². The SMILES string of the molecule is CS(=O)(=O)c1cccc(-c2ccc(-c3cc(CC(OC=O)c4ccccc4C(F)(F)F)n[nH]3)s2)c1. The second-order valence-corrected chi connectivity index (χ2v) is 10.8. The van der Waals surface area contributed by atoms with Crippen LogP contribution in [0.4, 0.5) is 13.2 Å². The fourth-order valence-corrected chi connectivity index (χ4v) is 5.27. The van der Waals surface area contributed by atoms with Gasteiger partial charge in [-0.3, -0.25) is 9.89 Å². The Balaban J connectivity index is 1.59. The van der Waals surface area contributed by atoms with E-state index in [-0.39, 0.29) is 23.4 Å². The molecule has 0 amide bonds. The molecule has 35 heavy (non-hydrogen) atoms. The number of nitrogens with zero attached hydrogens (tertiary/aromatic N) is 1. The zero-order valence-corrected chi connectivity index (χ0v) is 19.9. The van der Waals surface area contributed by atoms with E-state index < -0.39 is 27.7 Å². The lowest BCUT2D eigenvalue weighted by Crippen LogP contribution is -2.15. The van der Waals surface area contributed by atoms with Gasteiger partial charge in [-0.2, -0.15) is 18.3 Å². The zero-order valence-electron chi connectivity index (χ0n) is 18.2. The topological polar surface area (TPSA) is 89.1 Å². The number of benzene rings is 2. The van der Waals surface area contributed by atoms with Crippen molar-refractivity contribution in [1.82, 2.24) is 10.2 Å². The molecule has 2 aromatic carbocycles. The molecule has 1 atom stereocenters. The number of nitrogens with one attached hydrogen (secondary N) is 1. The highest BCUT2D eigenvalue weighted by molar-refractivity contribution is 7.90. The van der Waals surface area contributed by atoms with Crippen molar-refractivity contribution >= 4 is 27.6 Å². The van der Waals surface area contributed by atoms with Gasteiger partial charge in [-0.1, -0.05) is 30.3 Å². The maximum atomic E-state index is 13.4. The summed E-state index contributed by atoms with van der Waals surface area (Å²) in [4.78, 5) is 12.9. The molecule has 0 radical (unpaired) electrons. The Kier molecular flexibility index (Phi) is 6.82. The summed E-state index contributed by atoms with van der Waals surface area (Å²) >= 11 is 1.40. The number of hydrogen-bond acceptors (Lipinski definition) is 6. The van der Waals surface area contributed by atoms with Crippen molar-refractivity contribution < 1.29 is 31.1 Å². The largest absolute Gasteiger partial charge is 0.459 e. The first-order valence-electron chi connectivity index (χ1n) is 10.3. The second-order valence-electron chi connectivity index (χ2n) is 7.75. The highest BCUT2D eigenvalue weighted by Gasteiger charge is 2.35. The Morgan fingerprint density at radius 2 is 1.80 bits per heavy atom. The van der Waals surface area contributed by atoms with Crippen LogP contribution in [-0.4, -0.2) is 31.3 Å². The van der Waals surface area contributed by atoms with Gasteiger partial charge in [-0.25, -0.2) is 8.42 Å². The molecule has 0 fully saturated rings. The maximum Gasteiger partial charge on any atom is 0.416 e. The van der Waals surface area contributed by atoms with Gasteiger partial charge in [-0.15, -0.1) is 11.3 Å². The maximum absolute atomic E-state index is 13.4. The Hall–Kier alpha value is -3.44. The number of H-pyrrole nitrogens is 1. The van der Waals surface area contributed by atoms with Gasteiger partial charge in [0.15, 0.2) is 9.84 Å². The number of ether oxygens (including phenoxy) is 1. The van der Waals surface area contributed by atoms with Crippen LogP contribution in [0.5, 0.6) is 0 Å². The van der Waals surface area contributed by atoms with Gasteiger partial charge in [0, 0.05) is 23.1 Å². The normalized spacial score (nSPS) is 12.9. The highest BCUT2D eigenvalue weighted by Crippen LogP contribution is 2.38. The summed E-state index contributed by atoms with van der Waals surface area (Å²) in [5, 5.41) is 7.05. The predicted molar refractivity (Wildman–Crippen MR) is 125 cm³/mol. The summed E-state index contributed by atoms with van der Waals surface area (Å²) < 4.78 is 69.1. The summed E-state index contributed by atoms with van der Waals surface area (Å²) in [7, 11) is -3.35. The standard InChI is InChI=1S/C24H19F3N2O4S2/c1-35(31,32)17-6-4-5-15(11-17)22-9-10-23(34-22)20-12-16(28-29-20)13-21(33-14-30)18-7-2-3-8-19(18)24(25,26)27/h2-12,14,21H,13H2,1H3,(H,28,29). The fourth-order valence-electron chi connectivity index (χ4n) is 3.64. The molecule has 2 heterocycles. The lowest BCUT2D eigenvalue weighted by molar-refractivity contribution is -0.143. The Labute approximate surface area is 203 Å². The average molecular weight is 521 g/mol. The fraction of sp³-hybridized carbons (Fsp3) is 0.167. The third kappa shape index (κ3) is 5.63. The molecule has 4 aromatic rings. The van der Waals surface area contributed by atoms with Crippen LogP contribution in [0, 0.1) is 0 Å². The van der Waals surface area contributed by atoms with Gasteiger partial charge >= 0.3 is 6.18 Å². The Morgan fingerprint density at radius 3 is 2.51 bits per heavy atom. The number of thiophene rings is 1. The van der Waals surface area contributed by atoms with Crippen LogP contribution >= 0.6 is 11.3 Å². The van der Waals surface area contributed by atoms with Crippen molar-refractivity contribution in [2.75, 3.05) is 6.26 Å². The van der Waals surface area contributed by atoms with E-state index in [1.54, 1.807) is 18.2 Å². The van der Waals surface area contributed by atoms with Crippen LogP contribution in [0.15, 0.2) is 71.6 Å². The number of sulfone groups is 1. The molecule has 0 aliphatic rings. The molecular formula is C24H19F3N2O4S2. The number of hydrogen-bond donors (Lipinski definition) is 1. The second kappa shape index (κ2) is 9.67. The number of carbonyl (C=O) groups is 1. The van der Waals surface area contributed by atoms with E-state index in [0.717, 1.165) is 27.6 Å². The zero-order chi connectivity index (χ0) is 25.2. The van der Waals surface area contributed by atoms with Crippen molar-refractivity contribution in [3.63, 3.8) is 0 Å². The van der Waals surface area contributed by atoms with Crippen molar-refractivity contribution in [3.8, 4) is 21.0 Å². The molecule has 0 saturated carbocycles. The monoisotopic (exact) mass is 520 g/mol. The van der Waals surface area contributed by atoms with Gasteiger partial charge in [-0.05, 0) is 42.0 Å². The molecule has 6 nitrogen and oxygen atoms in total. The smallest absolute Gasteiger partial charge is 0.416 e. The number of rotatable bonds is 8. The third-order valence-corrected chi connectivity index (χ3v) is 7.55. The van der Waals surface area contributed by atoms with Crippen molar-refractivity contribution in [3.05, 3.63) is 83.6 Å². The Morgan fingerprint density at radius 1 is 1.06 bits per heavy atom. The number of halogens is 3. The van der Waals surface area contributed by atoms with E-state index in [1.165, 1.54) is 35.6 Å². The molecule has 0 bridgehead atoms. The number of aromatic amines is 1. The van der Waals surface area contributed by atoms with E-state index in [0.29, 0.717) is 11.4 Å². The predicted octanol–water partition coefficient (Wildman–Crippen LogP) is 5.68. The highest BCUT2D eigenvalue weighted by atomic mass is 32.2. The average Bonchev–Trinajstić information content (AvgIpc) is 3.48. The number of aromatic nitrogens is 2. The van der Waals surface area contributed by atoms with Crippen molar-refractivity contribution in [2.45, 2.75) is 23.6 Å². The Bertz CT molecular complexity index is 1460. The molecule has 2 aromatic heterocycles. The van der Waals surface area contributed by atoms with Crippen LogP contribution in [0.1, 0.15) is 22.9 Å². The summed E-state index contributed by atoms with van der Waals surface area (Å²) in [5.41, 5.74) is 0.761. The van der Waals surface area contributed by atoms with Crippen LogP contribution < -0.4 is 0 Å². The quantitative estimate of drug-likeness (QED) is 0.302. The first kappa shape index (κ1) is 24.7. The van der Waals surface area contributed by atoms with Crippen LogP contribution in [0.2, 0.25) is 0 Å². The van der Waals surface area contributed by atoms with Gasteiger partial charge in [0.1, 0.15) is 6.10 Å². The van der Waals surface area contributed by atoms with Crippen LogP contribution in [0.25, 0.3) is 21.0 Å². The molecule has 11 heteroatoms. The molecule has 1 unspecified atom stereocenters. The molecule has 182 valence electrons. The molecule has 0 spiro atoms. The minimum atomic E-state index is -4.60. The molecule has 4 rings (SSSR count). The van der Waals surface area contributed by atoms with Crippen molar-refractivity contribution in [1.29, 1.82) is 0 Å². The lowest BCUT2D eigenvalue weighted by atomic mass is 9.98. The number of carbonyl (C=O) groups excluding carboxylic acids is 1. The molecular weight excluding hydrogens is 501 g/mol. The van der Waals surface area contributed by atoms with Gasteiger partial charge in [0.25, 0.3) is 6.47 Å². The summed E-state index contributed by atoms with van der Waals surface area (Å²) in [6, 6.07) is 16.9. The van der Waals surface area contributed by atoms with E-state index >= 15 is 0 Å². The van der Waals surface area contributed by atoms with Crippen LogP contribution in [-0.2, 0) is 32.0 Å². The lowest BCUT2D eigenvalue weighted by Gasteiger charge is -2.19. The summed E-state index contributed by atoms with van der Waals surface area (Å²) in [6.45, 7) is 0.127. The summed E-state index contributed by atoms with van der Waals surface area (Å²) in [5.74, 6) is 0. The van der Waals surface area contributed by atoms with E-state index in [4.69, 9.17) is 4.74 Å². The first-order valence-corrected chi connectivity index (χ1v) is 13.0. The van der Waals surface area contributed by atoms with Gasteiger partial charge in [0.05, 0.1) is 26.7 Å². The minimum absolute atomic E-state index is 0.0586. The van der Waals surface area contributed by atoms with Crippen LogP contribution in [0.3, 0.4) is 0 Å². The molecule has 0 aliphatic carbocycles. The molecule has 1 N–H and O–H groups in total. The first-order chi connectivity index (χ1) is 16.6. The van der Waals surface area contributed by atoms with E-state index in [9.17, 15) is 26.4 Å². The van der Waals surface area contributed by atoms with Gasteiger partial charge < -0.3 is 4.74 Å². The molecule has 0 saturated heterocycles. The summed E-state index contributed by atoms with van der Waals surface area (Å²) in [6.07, 6.45) is -4.68. The third-order valence-electron chi connectivity index (χ3n) is 5.28. The van der Waals surface area contributed by atoms with E-state index in [1.807, 2.05) is 18.2 Å². The minimum Gasteiger partial charge on any atom is -0.459 e. The molecule has 0 aliphatic heterocycles.